The first kappa shape index (κ1) is 54.7. The van der Waals surface area contributed by atoms with Gasteiger partial charge in [-0.25, -0.2) is 40.7 Å². The van der Waals surface area contributed by atoms with Crippen LogP contribution in [0.1, 0.15) is 111 Å². The van der Waals surface area contributed by atoms with E-state index in [0.717, 1.165) is 57.2 Å². The van der Waals surface area contributed by atoms with Crippen molar-refractivity contribution in [1.29, 1.82) is 0 Å². The zero-order valence-electron chi connectivity index (χ0n) is 36.7. The van der Waals surface area contributed by atoms with E-state index >= 15 is 0 Å². The number of dihydropyridines is 1. The molecule has 0 amide bonds. The Morgan fingerprint density at radius 3 is 1.78 bits per heavy atom. The van der Waals surface area contributed by atoms with Gasteiger partial charge in [0.2, 0.25) is 0 Å². The maximum Gasteiger partial charge on any atom is 0.336 e. The number of alkyl halides is 2. The predicted octanol–water partition coefficient (Wildman–Crippen LogP) is 6.85. The summed E-state index contributed by atoms with van der Waals surface area (Å²) in [5.74, 6) is -8.28. The average molecular weight is 927 g/mol. The number of carbonyl (C=O) groups is 7. The van der Waals surface area contributed by atoms with Gasteiger partial charge < -0.3 is 34.7 Å². The van der Waals surface area contributed by atoms with E-state index in [2.05, 4.69) is 14.8 Å². The van der Waals surface area contributed by atoms with Crippen molar-refractivity contribution in [3.8, 4) is 0 Å². The first-order valence-electron chi connectivity index (χ1n) is 20.2. The van der Waals surface area contributed by atoms with E-state index < -0.39 is 79.0 Å². The lowest BCUT2D eigenvalue weighted by Gasteiger charge is -2.32. The van der Waals surface area contributed by atoms with Gasteiger partial charge in [-0.3, -0.25) is 19.2 Å². The largest absolute Gasteiger partial charge is 0.466 e. The molecule has 1 unspecified atom stereocenters. The van der Waals surface area contributed by atoms with E-state index in [1.165, 1.54) is 7.11 Å². The zero-order valence-corrected chi connectivity index (χ0v) is 36.7. The molecule has 1 heterocycles. The third-order valence-corrected chi connectivity index (χ3v) is 9.35. The van der Waals surface area contributed by atoms with E-state index in [1.807, 2.05) is 0 Å². The van der Waals surface area contributed by atoms with Crippen LogP contribution < -0.4 is 11.1 Å². The first-order valence-corrected chi connectivity index (χ1v) is 20.2. The second kappa shape index (κ2) is 27.0. The van der Waals surface area contributed by atoms with Crippen molar-refractivity contribution in [1.82, 2.24) is 5.32 Å². The van der Waals surface area contributed by atoms with Crippen LogP contribution in [-0.2, 0) is 52.5 Å². The lowest BCUT2D eigenvalue weighted by Crippen LogP contribution is -2.36. The van der Waals surface area contributed by atoms with Crippen LogP contribution in [0.15, 0.2) is 58.6 Å². The van der Waals surface area contributed by atoms with Gasteiger partial charge in [0.1, 0.15) is 55.4 Å². The molecule has 3 aliphatic rings. The van der Waals surface area contributed by atoms with Gasteiger partial charge in [-0.15, -0.1) is 0 Å². The highest BCUT2D eigenvalue weighted by Gasteiger charge is 2.43. The van der Waals surface area contributed by atoms with E-state index in [9.17, 15) is 59.9 Å². The van der Waals surface area contributed by atoms with Crippen molar-refractivity contribution in [3.05, 3.63) is 104 Å². The van der Waals surface area contributed by atoms with Crippen molar-refractivity contribution < 1.29 is 83.6 Å². The minimum absolute atomic E-state index is 0.00812. The summed E-state index contributed by atoms with van der Waals surface area (Å²) in [4.78, 5) is 79.1. The molecule has 20 heteroatoms. The van der Waals surface area contributed by atoms with Crippen LogP contribution in [0.25, 0.3) is 0 Å². The van der Waals surface area contributed by atoms with Crippen LogP contribution in [0.2, 0.25) is 0 Å². The molecular formula is C45H52F6N2O12. The molecule has 0 radical (unpaired) electrons. The Bertz CT molecular complexity index is 2170. The number of Topliss-reactive ketones (excluding diaryl/α,β-unsaturated/α-hetero) is 1. The Balaban J connectivity index is 0.000000367. The van der Waals surface area contributed by atoms with Gasteiger partial charge >= 0.3 is 29.8 Å². The first-order chi connectivity index (χ1) is 30.8. The molecule has 3 N–H and O–H groups in total. The smallest absolute Gasteiger partial charge is 0.336 e. The molecule has 2 saturated carbocycles. The van der Waals surface area contributed by atoms with E-state index in [4.69, 9.17) is 19.9 Å². The highest BCUT2D eigenvalue weighted by molar-refractivity contribution is 6.00. The molecule has 0 aromatic heterocycles. The number of allylic oxidation sites excluding steroid dienone is 2. The van der Waals surface area contributed by atoms with Gasteiger partial charge in [-0.1, -0.05) is 6.92 Å². The number of halogens is 6. The Kier molecular flexibility index (Phi) is 22.7. The van der Waals surface area contributed by atoms with Crippen LogP contribution in [0, 0.1) is 23.3 Å². The fraction of sp³-hybridized carbons (Fsp3) is 0.444. The number of hydrogen-bond acceptors (Lipinski definition) is 14. The second-order valence-corrected chi connectivity index (χ2v) is 14.2. The van der Waals surface area contributed by atoms with Crippen LogP contribution in [-0.4, -0.2) is 89.3 Å². The number of methoxy groups -OCH3 is 2. The molecule has 0 saturated heterocycles. The van der Waals surface area contributed by atoms with Gasteiger partial charge in [0.15, 0.2) is 6.29 Å². The van der Waals surface area contributed by atoms with Crippen molar-refractivity contribution in [3.63, 3.8) is 0 Å². The second-order valence-electron chi connectivity index (χ2n) is 14.2. The molecule has 0 bridgehead atoms. The molecule has 14 nitrogen and oxygen atoms in total. The zero-order chi connectivity index (χ0) is 49.0. The summed E-state index contributed by atoms with van der Waals surface area (Å²) in [6, 6.07) is 3.67. The highest BCUT2D eigenvalue weighted by Crippen LogP contribution is 2.49. The molecule has 5 rings (SSSR count). The number of ether oxygens (including phenoxy) is 5. The molecular weight excluding hydrogens is 874 g/mol. The Morgan fingerprint density at radius 1 is 0.754 bits per heavy atom. The number of nitrogens with one attached hydrogen (secondary N) is 1. The number of aldehydes is 1. The third-order valence-electron chi connectivity index (χ3n) is 9.35. The predicted molar refractivity (Wildman–Crippen MR) is 220 cm³/mol. The van der Waals surface area contributed by atoms with Crippen LogP contribution in [0.3, 0.4) is 0 Å². The van der Waals surface area contributed by atoms with Crippen molar-refractivity contribution in [2.75, 3.05) is 47.4 Å². The van der Waals surface area contributed by atoms with Gasteiger partial charge in [-0.2, -0.15) is 0 Å². The summed E-state index contributed by atoms with van der Waals surface area (Å²) >= 11 is 0. The van der Waals surface area contributed by atoms with Crippen molar-refractivity contribution in [2.45, 2.75) is 84.0 Å². The monoisotopic (exact) mass is 926 g/mol. The lowest BCUT2D eigenvalue weighted by molar-refractivity contribution is -0.146. The Morgan fingerprint density at radius 2 is 1.31 bits per heavy atom. The van der Waals surface area contributed by atoms with Crippen LogP contribution in [0.4, 0.5) is 26.3 Å². The molecule has 2 aliphatic carbocycles. The molecule has 1 aliphatic heterocycles. The molecule has 0 spiro atoms. The molecule has 356 valence electrons. The summed E-state index contributed by atoms with van der Waals surface area (Å²) in [7, 11) is 2.27. The summed E-state index contributed by atoms with van der Waals surface area (Å²) in [6.07, 6.45) is 4.79. The van der Waals surface area contributed by atoms with Gasteiger partial charge in [-0.05, 0) is 74.6 Å². The van der Waals surface area contributed by atoms with Crippen molar-refractivity contribution in [2.24, 2.45) is 5.73 Å². The number of ketones is 1. The molecule has 2 aromatic rings. The number of esters is 5. The maximum absolute atomic E-state index is 14.9. The number of rotatable bonds is 16. The summed E-state index contributed by atoms with van der Waals surface area (Å²) in [5.41, 5.74) is 4.61. The van der Waals surface area contributed by atoms with Crippen molar-refractivity contribution >= 4 is 41.9 Å². The maximum atomic E-state index is 14.9. The molecule has 2 aromatic carbocycles. The quantitative estimate of drug-likeness (QED) is 0.0442. The number of benzene rings is 2. The fourth-order valence-electron chi connectivity index (χ4n) is 6.21. The highest BCUT2D eigenvalue weighted by atomic mass is 19.2. The third kappa shape index (κ3) is 16.9. The SMILES string of the molecule is CCOC(=O)C1=C(COC(C)=O)NC(CF)=C(C(=O)OC)C1c1cc(F)cc(F)c1C1CC1.CCOC(=O)CC(=O)CC.COC(=O)/C=C(\N)CF.O=Cc1cc(F)cc(F)c1C1CC1. The number of hydrogen-bond donors (Lipinski definition) is 2. The number of nitrogens with two attached hydrogens (primary N) is 1. The molecule has 1 atom stereocenters. The molecule has 2 fully saturated rings. The van der Waals surface area contributed by atoms with E-state index in [0.29, 0.717) is 37.7 Å². The minimum Gasteiger partial charge on any atom is -0.466 e. The summed E-state index contributed by atoms with van der Waals surface area (Å²) in [6.45, 7) is 3.95. The van der Waals surface area contributed by atoms with Crippen LogP contribution >= 0.6 is 0 Å². The van der Waals surface area contributed by atoms with E-state index in [-0.39, 0.29) is 75.6 Å². The van der Waals surface area contributed by atoms with Gasteiger partial charge in [0.25, 0.3) is 0 Å². The standard InChI is InChI=1S/C23H24F3NO6.C10H8F2O.C7H12O3.C5H8FNO2/c1-4-32-23(30)21-17(10-33-11(2)28)27-16(9-24)20(22(29)31-3)19(21)14-7-13(25)8-15(26)18(14)12-5-6-12;11-8-3-7(5-13)10(6-1-2-6)9(12)4-8;1-3-6(8)5-7(9)10-4-2;1-9-5(8)2-4(7)3-6/h7-8,12,19,27H,4-6,9-10H2,1-3H3;3-6H,1-2H2;3-5H2,1-2H3;2H,3,7H2,1H3/b;;;4-2-. The minimum atomic E-state index is -1.41. The molecule has 65 heavy (non-hydrogen) atoms. The number of carbonyl (C=O) groups excluding carboxylic acids is 7. The topological polar surface area (TPSA) is 204 Å². The summed E-state index contributed by atoms with van der Waals surface area (Å²) in [5, 5.41) is 2.62. The fourth-order valence-corrected chi connectivity index (χ4v) is 6.21. The Hall–Kier alpha value is -6.47. The summed E-state index contributed by atoms with van der Waals surface area (Å²) < 4.78 is 104. The van der Waals surface area contributed by atoms with E-state index in [1.54, 1.807) is 20.8 Å². The normalized spacial score (nSPS) is 15.3. The van der Waals surface area contributed by atoms with Crippen LogP contribution in [0.5, 0.6) is 0 Å². The lowest BCUT2D eigenvalue weighted by atomic mass is 9.77. The van der Waals surface area contributed by atoms with Gasteiger partial charge in [0, 0.05) is 48.4 Å². The Labute approximate surface area is 371 Å². The average Bonchev–Trinajstić information content (AvgIpc) is 4.21. The van der Waals surface area contributed by atoms with Gasteiger partial charge in [0.05, 0.1) is 55.9 Å².